The van der Waals surface area contributed by atoms with Gasteiger partial charge in [-0.15, -0.1) is 0 Å². The average molecular weight is 341 g/mol. The van der Waals surface area contributed by atoms with Crippen LogP contribution >= 0.6 is 0 Å². The van der Waals surface area contributed by atoms with Crippen LogP contribution in [0.2, 0.25) is 0 Å². The van der Waals surface area contributed by atoms with Gasteiger partial charge in [0.1, 0.15) is 11.5 Å². The molecule has 6 nitrogen and oxygen atoms in total. The van der Waals surface area contributed by atoms with Crippen LogP contribution in [-0.2, 0) is 11.2 Å². The topological polar surface area (TPSA) is 75.5 Å². The first kappa shape index (κ1) is 17.4. The minimum atomic E-state index is -1.27. The lowest BCUT2D eigenvalue weighted by Crippen LogP contribution is -2.50. The molecule has 0 bridgehead atoms. The van der Waals surface area contributed by atoms with E-state index in [1.54, 1.807) is 37.3 Å². The number of amides is 1. The van der Waals surface area contributed by atoms with E-state index < -0.39 is 5.72 Å². The molecule has 1 aliphatic heterocycles. The summed E-state index contributed by atoms with van der Waals surface area (Å²) in [7, 11) is 0. The first-order valence-corrected chi connectivity index (χ1v) is 8.48. The number of aromatic nitrogens is 2. The minimum absolute atomic E-state index is 0.111. The molecule has 3 rings (SSSR count). The fourth-order valence-electron chi connectivity index (χ4n) is 3.27. The van der Waals surface area contributed by atoms with Crippen LogP contribution in [0.15, 0.2) is 42.9 Å². The molecule has 1 amide bonds. The molecule has 1 aromatic carbocycles. The number of ether oxygens (including phenoxy) is 1. The number of nitrogens with zero attached hydrogens (tertiary/aromatic N) is 3. The van der Waals surface area contributed by atoms with Crippen molar-refractivity contribution < 1.29 is 14.6 Å². The van der Waals surface area contributed by atoms with E-state index in [-0.39, 0.29) is 18.4 Å². The average Bonchev–Trinajstić information content (AvgIpc) is 2.60. The molecule has 25 heavy (non-hydrogen) atoms. The number of carbonyl (C=O) groups excluding carboxylic acids is 1. The third-order valence-electron chi connectivity index (χ3n) is 4.31. The van der Waals surface area contributed by atoms with Gasteiger partial charge in [-0.3, -0.25) is 14.8 Å². The van der Waals surface area contributed by atoms with Crippen LogP contribution in [-0.4, -0.2) is 38.2 Å². The quantitative estimate of drug-likeness (QED) is 0.846. The zero-order chi connectivity index (χ0) is 17.9. The van der Waals surface area contributed by atoms with Crippen LogP contribution in [0, 0.1) is 0 Å². The summed E-state index contributed by atoms with van der Waals surface area (Å²) >= 11 is 0. The lowest BCUT2D eigenvalue weighted by atomic mass is 9.96. The Morgan fingerprint density at radius 3 is 2.88 bits per heavy atom. The molecule has 0 fully saturated rings. The van der Waals surface area contributed by atoms with E-state index in [9.17, 15) is 9.90 Å². The van der Waals surface area contributed by atoms with Gasteiger partial charge in [0, 0.05) is 37.0 Å². The molecule has 1 aliphatic rings. The predicted octanol–water partition coefficient (Wildman–Crippen LogP) is 2.49. The van der Waals surface area contributed by atoms with Gasteiger partial charge in [-0.1, -0.05) is 18.2 Å². The number of carbonyl (C=O) groups is 1. The molecule has 0 saturated heterocycles. The number of benzene rings is 1. The number of para-hydroxylation sites is 1. The molecule has 1 atom stereocenters. The summed E-state index contributed by atoms with van der Waals surface area (Å²) in [5.41, 5.74) is 0.428. The van der Waals surface area contributed by atoms with Gasteiger partial charge in [0.25, 0.3) is 0 Å². The Morgan fingerprint density at radius 1 is 1.36 bits per heavy atom. The van der Waals surface area contributed by atoms with Crippen molar-refractivity contribution in [1.82, 2.24) is 14.9 Å². The number of hydrogen-bond donors (Lipinski definition) is 1. The van der Waals surface area contributed by atoms with Crippen molar-refractivity contribution in [3.63, 3.8) is 0 Å². The smallest absolute Gasteiger partial charge is 0.225 e. The standard InChI is InChI=1S/C19H23N3O3/c1-19(2,24)22(18(23)8-7-14-13-20-10-11-21-14)16-9-12-25-17-6-4-3-5-15(16)17/h3-6,10-11,13,16,24H,7-9,12H2,1-2H3/t16-/m1/s1. The van der Waals surface area contributed by atoms with Gasteiger partial charge < -0.3 is 14.7 Å². The summed E-state index contributed by atoms with van der Waals surface area (Å²) in [5.74, 6) is 0.662. The third kappa shape index (κ3) is 3.96. The Balaban J connectivity index is 1.82. The van der Waals surface area contributed by atoms with Crippen LogP contribution in [0.1, 0.15) is 44.0 Å². The Kier molecular flexibility index (Phi) is 4.99. The van der Waals surface area contributed by atoms with Crippen molar-refractivity contribution in [2.75, 3.05) is 6.61 Å². The van der Waals surface area contributed by atoms with Crippen LogP contribution in [0.3, 0.4) is 0 Å². The SMILES string of the molecule is CC(C)(O)N(C(=O)CCc1cnccn1)[C@@H]1CCOc2ccccc21. The zero-order valence-corrected chi connectivity index (χ0v) is 14.6. The summed E-state index contributed by atoms with van der Waals surface area (Å²) in [6.07, 6.45) is 6.28. The van der Waals surface area contributed by atoms with E-state index in [1.165, 1.54) is 0 Å². The number of aliphatic hydroxyl groups is 1. The summed E-state index contributed by atoms with van der Waals surface area (Å²) < 4.78 is 5.69. The van der Waals surface area contributed by atoms with Crippen LogP contribution < -0.4 is 4.74 Å². The van der Waals surface area contributed by atoms with E-state index in [0.717, 1.165) is 17.0 Å². The molecule has 1 aromatic heterocycles. The molecule has 6 heteroatoms. The second-order valence-corrected chi connectivity index (χ2v) is 6.65. The van der Waals surface area contributed by atoms with Crippen LogP contribution in [0.4, 0.5) is 0 Å². The fraction of sp³-hybridized carbons (Fsp3) is 0.421. The maximum Gasteiger partial charge on any atom is 0.225 e. The second-order valence-electron chi connectivity index (χ2n) is 6.65. The van der Waals surface area contributed by atoms with Crippen LogP contribution in [0.25, 0.3) is 0 Å². The number of hydrogen-bond acceptors (Lipinski definition) is 5. The molecule has 0 saturated carbocycles. The first-order chi connectivity index (χ1) is 12.0. The van der Waals surface area contributed by atoms with Crippen molar-refractivity contribution in [2.24, 2.45) is 0 Å². The first-order valence-electron chi connectivity index (χ1n) is 8.48. The monoisotopic (exact) mass is 341 g/mol. The Labute approximate surface area is 147 Å². The van der Waals surface area contributed by atoms with Crippen molar-refractivity contribution in [3.8, 4) is 5.75 Å². The fourth-order valence-corrected chi connectivity index (χ4v) is 3.27. The largest absolute Gasteiger partial charge is 0.493 e. The second kappa shape index (κ2) is 7.19. The predicted molar refractivity (Wildman–Crippen MR) is 92.8 cm³/mol. The van der Waals surface area contributed by atoms with Gasteiger partial charge in [0.15, 0.2) is 0 Å². The van der Waals surface area contributed by atoms with E-state index in [4.69, 9.17) is 4.74 Å². The van der Waals surface area contributed by atoms with Gasteiger partial charge in [0.2, 0.25) is 5.91 Å². The maximum atomic E-state index is 12.9. The number of aryl methyl sites for hydroxylation is 1. The van der Waals surface area contributed by atoms with Crippen molar-refractivity contribution in [1.29, 1.82) is 0 Å². The van der Waals surface area contributed by atoms with Crippen LogP contribution in [0.5, 0.6) is 5.75 Å². The van der Waals surface area contributed by atoms with Gasteiger partial charge in [-0.05, 0) is 26.3 Å². The lowest BCUT2D eigenvalue weighted by molar-refractivity contribution is -0.162. The number of rotatable bonds is 5. The molecular weight excluding hydrogens is 318 g/mol. The molecule has 2 aromatic rings. The molecule has 132 valence electrons. The highest BCUT2D eigenvalue weighted by Crippen LogP contribution is 2.38. The summed E-state index contributed by atoms with van der Waals surface area (Å²) in [5, 5.41) is 10.7. The zero-order valence-electron chi connectivity index (χ0n) is 14.6. The van der Waals surface area contributed by atoms with Gasteiger partial charge >= 0.3 is 0 Å². The maximum absolute atomic E-state index is 12.9. The van der Waals surface area contributed by atoms with E-state index in [0.29, 0.717) is 19.4 Å². The highest BCUT2D eigenvalue weighted by atomic mass is 16.5. The van der Waals surface area contributed by atoms with E-state index in [1.807, 2.05) is 24.3 Å². The molecule has 1 N–H and O–H groups in total. The van der Waals surface area contributed by atoms with Gasteiger partial charge in [0.05, 0.1) is 18.3 Å². The van der Waals surface area contributed by atoms with E-state index >= 15 is 0 Å². The van der Waals surface area contributed by atoms with Gasteiger partial charge in [-0.2, -0.15) is 0 Å². The molecule has 0 spiro atoms. The molecule has 0 unspecified atom stereocenters. The van der Waals surface area contributed by atoms with Gasteiger partial charge in [-0.25, -0.2) is 0 Å². The summed E-state index contributed by atoms with van der Waals surface area (Å²) in [6.45, 7) is 3.81. The highest BCUT2D eigenvalue weighted by molar-refractivity contribution is 5.77. The molecule has 2 heterocycles. The molecule has 0 aliphatic carbocycles. The number of fused-ring (bicyclic) bond motifs is 1. The van der Waals surface area contributed by atoms with Crippen molar-refractivity contribution >= 4 is 5.91 Å². The summed E-state index contributed by atoms with van der Waals surface area (Å²) in [6, 6.07) is 7.47. The molecule has 0 radical (unpaired) electrons. The normalized spacial score (nSPS) is 16.7. The third-order valence-corrected chi connectivity index (χ3v) is 4.31. The van der Waals surface area contributed by atoms with Crippen molar-refractivity contribution in [2.45, 2.75) is 44.9 Å². The highest BCUT2D eigenvalue weighted by Gasteiger charge is 2.37. The Morgan fingerprint density at radius 2 is 2.16 bits per heavy atom. The molecular formula is C19H23N3O3. The summed E-state index contributed by atoms with van der Waals surface area (Å²) in [4.78, 5) is 22.8. The lowest BCUT2D eigenvalue weighted by Gasteiger charge is -2.42. The van der Waals surface area contributed by atoms with E-state index in [2.05, 4.69) is 9.97 Å². The Hall–Kier alpha value is -2.47. The Bertz CT molecular complexity index is 728. The minimum Gasteiger partial charge on any atom is -0.493 e. The van der Waals surface area contributed by atoms with Crippen molar-refractivity contribution in [3.05, 3.63) is 54.1 Å².